The van der Waals surface area contributed by atoms with Crippen LogP contribution in [-0.4, -0.2) is 48.5 Å². The van der Waals surface area contributed by atoms with Gasteiger partial charge in [0.15, 0.2) is 0 Å². The van der Waals surface area contributed by atoms with Crippen molar-refractivity contribution in [2.24, 2.45) is 7.05 Å². The van der Waals surface area contributed by atoms with Crippen LogP contribution in [0.2, 0.25) is 0 Å². The molecule has 1 atom stereocenters. The highest BCUT2D eigenvalue weighted by Gasteiger charge is 2.25. The van der Waals surface area contributed by atoms with Crippen LogP contribution in [0.15, 0.2) is 36.4 Å². The number of carbonyl (C=O) groups excluding carboxylic acids is 4. The first-order chi connectivity index (χ1) is 13.8. The number of carbonyl (C=O) groups is 4. The van der Waals surface area contributed by atoms with Crippen LogP contribution in [-0.2, 0) is 37.3 Å². The molecule has 1 heterocycles. The minimum Gasteiger partial charge on any atom is -0.469 e. The average molecular weight is 400 g/mol. The van der Waals surface area contributed by atoms with Gasteiger partial charge < -0.3 is 19.4 Å². The van der Waals surface area contributed by atoms with Gasteiger partial charge >= 0.3 is 11.9 Å². The van der Waals surface area contributed by atoms with E-state index in [4.69, 9.17) is 0 Å². The molecule has 0 saturated heterocycles. The van der Waals surface area contributed by atoms with Gasteiger partial charge in [0.25, 0.3) is 0 Å². The molecular weight excluding hydrogens is 376 g/mol. The van der Waals surface area contributed by atoms with E-state index in [2.05, 4.69) is 14.8 Å². The van der Waals surface area contributed by atoms with Gasteiger partial charge in [-0.3, -0.25) is 14.4 Å². The van der Waals surface area contributed by atoms with E-state index in [0.717, 1.165) is 5.56 Å². The minimum absolute atomic E-state index is 0.0770. The second-order valence-corrected chi connectivity index (χ2v) is 6.56. The van der Waals surface area contributed by atoms with Crippen molar-refractivity contribution in [3.63, 3.8) is 0 Å². The number of methoxy groups -OCH3 is 2. The Hall–Kier alpha value is -3.42. The molecule has 1 N–H and O–H groups in total. The van der Waals surface area contributed by atoms with E-state index in [-0.39, 0.29) is 18.6 Å². The lowest BCUT2D eigenvalue weighted by Crippen LogP contribution is -2.43. The normalized spacial score (nSPS) is 11.4. The molecule has 0 radical (unpaired) electrons. The fourth-order valence-corrected chi connectivity index (χ4v) is 2.81. The van der Waals surface area contributed by atoms with Gasteiger partial charge in [-0.15, -0.1) is 0 Å². The van der Waals surface area contributed by atoms with Gasteiger partial charge in [0.2, 0.25) is 11.7 Å². The van der Waals surface area contributed by atoms with E-state index in [9.17, 15) is 19.2 Å². The number of rotatable bonds is 8. The third-order valence-electron chi connectivity index (χ3n) is 4.53. The van der Waals surface area contributed by atoms with Crippen molar-refractivity contribution in [2.45, 2.75) is 25.8 Å². The lowest BCUT2D eigenvalue weighted by Gasteiger charge is -2.15. The van der Waals surface area contributed by atoms with Gasteiger partial charge in [0, 0.05) is 18.3 Å². The summed E-state index contributed by atoms with van der Waals surface area (Å²) in [6, 6.07) is 9.41. The predicted octanol–water partition coefficient (Wildman–Crippen LogP) is 1.33. The number of amides is 1. The second kappa shape index (κ2) is 9.68. The number of hydrogen-bond acceptors (Lipinski definition) is 6. The van der Waals surface area contributed by atoms with Crippen LogP contribution in [0.25, 0.3) is 0 Å². The van der Waals surface area contributed by atoms with Crippen LogP contribution in [0.5, 0.6) is 0 Å². The highest BCUT2D eigenvalue weighted by molar-refractivity contribution is 6.08. The molecule has 0 aliphatic heterocycles. The Bertz CT molecular complexity index is 914. The lowest BCUT2D eigenvalue weighted by molar-refractivity contribution is -0.150. The number of aryl methyl sites for hydroxylation is 1. The number of esters is 2. The van der Waals surface area contributed by atoms with Crippen molar-refractivity contribution in [1.82, 2.24) is 9.88 Å². The molecule has 0 fully saturated rings. The first-order valence-electron chi connectivity index (χ1n) is 8.96. The number of ether oxygens (including phenoxy) is 2. The molecule has 29 heavy (non-hydrogen) atoms. The number of aromatic nitrogens is 1. The third kappa shape index (κ3) is 5.54. The Morgan fingerprint density at radius 1 is 1.00 bits per heavy atom. The van der Waals surface area contributed by atoms with E-state index in [1.54, 1.807) is 35.9 Å². The molecular formula is C21H24N2O6. The zero-order chi connectivity index (χ0) is 21.6. The summed E-state index contributed by atoms with van der Waals surface area (Å²) < 4.78 is 10.8. The highest BCUT2D eigenvalue weighted by atomic mass is 16.5. The van der Waals surface area contributed by atoms with E-state index < -0.39 is 23.9 Å². The maximum absolute atomic E-state index is 12.7. The topological polar surface area (TPSA) is 104 Å². The fourth-order valence-electron chi connectivity index (χ4n) is 2.81. The van der Waals surface area contributed by atoms with Gasteiger partial charge in [-0.2, -0.15) is 0 Å². The number of ketones is 1. The maximum atomic E-state index is 12.7. The number of hydrogen-bond donors (Lipinski definition) is 1. The van der Waals surface area contributed by atoms with Gasteiger partial charge in [0.05, 0.1) is 32.8 Å². The first-order valence-corrected chi connectivity index (χ1v) is 8.96. The fraction of sp³-hybridized carbons (Fsp3) is 0.333. The van der Waals surface area contributed by atoms with E-state index in [1.165, 1.54) is 14.2 Å². The standard InChI is InChI=1S/C21H24N2O6/c1-13-5-7-14(8-6-13)20(26)17-10-9-15(23(17)2)11-18(24)22-16(21(27)29-4)12-19(25)28-3/h5-10,16H,11-12H2,1-4H3,(H,22,24). The third-order valence-corrected chi connectivity index (χ3v) is 4.53. The quantitative estimate of drug-likeness (QED) is 0.530. The van der Waals surface area contributed by atoms with E-state index in [1.807, 2.05) is 19.1 Å². The SMILES string of the molecule is COC(=O)CC(NC(=O)Cc1ccc(C(=O)c2ccc(C)cc2)n1C)C(=O)OC. The van der Waals surface area contributed by atoms with Crippen molar-refractivity contribution in [3.05, 3.63) is 58.9 Å². The zero-order valence-corrected chi connectivity index (χ0v) is 16.9. The summed E-state index contributed by atoms with van der Waals surface area (Å²) in [5.41, 5.74) is 2.63. The molecule has 1 aromatic heterocycles. The van der Waals surface area contributed by atoms with Gasteiger partial charge in [0.1, 0.15) is 6.04 Å². The molecule has 0 aliphatic rings. The molecule has 8 heteroatoms. The number of nitrogens with zero attached hydrogens (tertiary/aromatic N) is 1. The summed E-state index contributed by atoms with van der Waals surface area (Å²) in [5, 5.41) is 2.47. The molecule has 0 spiro atoms. The van der Waals surface area contributed by atoms with Crippen LogP contribution in [0.1, 0.15) is 33.7 Å². The molecule has 8 nitrogen and oxygen atoms in total. The molecule has 0 saturated carbocycles. The van der Waals surface area contributed by atoms with Crippen molar-refractivity contribution in [2.75, 3.05) is 14.2 Å². The zero-order valence-electron chi connectivity index (χ0n) is 16.9. The minimum atomic E-state index is -1.14. The van der Waals surface area contributed by atoms with Crippen LogP contribution >= 0.6 is 0 Å². The number of benzene rings is 1. The van der Waals surface area contributed by atoms with Crippen molar-refractivity contribution in [1.29, 1.82) is 0 Å². The molecule has 0 aliphatic carbocycles. The van der Waals surface area contributed by atoms with Crippen LogP contribution in [0, 0.1) is 6.92 Å². The summed E-state index contributed by atoms with van der Waals surface area (Å²) in [6.45, 7) is 1.94. The maximum Gasteiger partial charge on any atom is 0.328 e. The van der Waals surface area contributed by atoms with E-state index >= 15 is 0 Å². The molecule has 2 rings (SSSR count). The average Bonchev–Trinajstić information content (AvgIpc) is 3.06. The molecule has 0 bridgehead atoms. The van der Waals surface area contributed by atoms with Gasteiger partial charge in [-0.1, -0.05) is 29.8 Å². The summed E-state index contributed by atoms with van der Waals surface area (Å²) in [7, 11) is 4.05. The predicted molar refractivity (Wildman–Crippen MR) is 104 cm³/mol. The Labute approximate surface area is 168 Å². The van der Waals surface area contributed by atoms with E-state index in [0.29, 0.717) is 17.0 Å². The summed E-state index contributed by atoms with van der Waals surface area (Å²) in [4.78, 5) is 48.3. The largest absolute Gasteiger partial charge is 0.469 e. The molecule has 1 aromatic carbocycles. The molecule has 154 valence electrons. The Morgan fingerprint density at radius 3 is 2.24 bits per heavy atom. The smallest absolute Gasteiger partial charge is 0.328 e. The van der Waals surface area contributed by atoms with Crippen LogP contribution in [0.3, 0.4) is 0 Å². The first kappa shape index (κ1) is 21.9. The number of nitrogens with one attached hydrogen (secondary N) is 1. The molecule has 1 unspecified atom stereocenters. The van der Waals surface area contributed by atoms with Gasteiger partial charge in [-0.05, 0) is 19.1 Å². The van der Waals surface area contributed by atoms with Crippen molar-refractivity contribution >= 4 is 23.6 Å². The van der Waals surface area contributed by atoms with Crippen LogP contribution in [0.4, 0.5) is 0 Å². The van der Waals surface area contributed by atoms with Crippen molar-refractivity contribution < 1.29 is 28.7 Å². The second-order valence-electron chi connectivity index (χ2n) is 6.56. The Balaban J connectivity index is 2.10. The molecule has 2 aromatic rings. The summed E-state index contributed by atoms with van der Waals surface area (Å²) in [5.74, 6) is -2.03. The summed E-state index contributed by atoms with van der Waals surface area (Å²) in [6.07, 6.45) is -0.411. The van der Waals surface area contributed by atoms with Crippen LogP contribution < -0.4 is 5.32 Å². The highest BCUT2D eigenvalue weighted by Crippen LogP contribution is 2.14. The lowest BCUT2D eigenvalue weighted by atomic mass is 10.1. The summed E-state index contributed by atoms with van der Waals surface area (Å²) >= 11 is 0. The Morgan fingerprint density at radius 2 is 1.66 bits per heavy atom. The van der Waals surface area contributed by atoms with Crippen molar-refractivity contribution in [3.8, 4) is 0 Å². The monoisotopic (exact) mass is 400 g/mol. The van der Waals surface area contributed by atoms with Gasteiger partial charge in [-0.25, -0.2) is 4.79 Å². The Kier molecular flexibility index (Phi) is 7.30. The molecule has 1 amide bonds.